The molecule has 0 spiro atoms. The summed E-state index contributed by atoms with van der Waals surface area (Å²) >= 11 is 18.1. The average Bonchev–Trinajstić information content (AvgIpc) is 3.33. The van der Waals surface area contributed by atoms with Crippen molar-refractivity contribution in [3.63, 3.8) is 0 Å². The number of carbonyl (C=O) groups excluding carboxylic acids is 2. The van der Waals surface area contributed by atoms with Gasteiger partial charge in [-0.2, -0.15) is 5.10 Å². The maximum atomic E-state index is 13.3. The maximum absolute atomic E-state index is 13.3. The number of Topliss-reactive ketones (excluding diaryl/α,β-unsaturated/α-hetero) is 2. The van der Waals surface area contributed by atoms with Crippen LogP contribution in [0.1, 0.15) is 41.1 Å². The number of ketones is 2. The Morgan fingerprint density at radius 3 is 2.53 bits per heavy atom. The first-order valence-electron chi connectivity index (χ1n) is 10.8. The zero-order chi connectivity index (χ0) is 24.6. The molecule has 2 aromatic heterocycles. The molecular formula is C25H23Cl3N4O2. The molecule has 0 saturated heterocycles. The molecule has 2 atom stereocenters. The Morgan fingerprint density at radius 2 is 1.88 bits per heavy atom. The summed E-state index contributed by atoms with van der Waals surface area (Å²) < 4.78 is 1.67. The van der Waals surface area contributed by atoms with Crippen molar-refractivity contribution in [2.75, 3.05) is 6.54 Å². The second-order valence-electron chi connectivity index (χ2n) is 8.46. The van der Waals surface area contributed by atoms with Gasteiger partial charge >= 0.3 is 0 Å². The van der Waals surface area contributed by atoms with Gasteiger partial charge in [-0.25, -0.2) is 9.67 Å². The van der Waals surface area contributed by atoms with Gasteiger partial charge in [0, 0.05) is 25.1 Å². The van der Waals surface area contributed by atoms with Crippen molar-refractivity contribution < 1.29 is 9.59 Å². The van der Waals surface area contributed by atoms with E-state index in [2.05, 4.69) is 22.0 Å². The number of nitrogens with zero attached hydrogens (tertiary/aromatic N) is 3. The lowest BCUT2D eigenvalue weighted by Crippen LogP contribution is -2.21. The van der Waals surface area contributed by atoms with E-state index < -0.39 is 5.92 Å². The summed E-state index contributed by atoms with van der Waals surface area (Å²) in [6.07, 6.45) is 4.00. The molecule has 0 amide bonds. The van der Waals surface area contributed by atoms with Gasteiger partial charge in [-0.15, -0.1) is 0 Å². The first-order valence-corrected chi connectivity index (χ1v) is 11.9. The van der Waals surface area contributed by atoms with E-state index in [0.29, 0.717) is 39.6 Å². The summed E-state index contributed by atoms with van der Waals surface area (Å²) in [7, 11) is 0. The first-order chi connectivity index (χ1) is 16.2. The van der Waals surface area contributed by atoms with E-state index in [9.17, 15) is 9.59 Å². The Bertz CT molecular complexity index is 1280. The number of aryl methyl sites for hydroxylation is 2. The van der Waals surface area contributed by atoms with Crippen molar-refractivity contribution >= 4 is 52.1 Å². The van der Waals surface area contributed by atoms with Crippen molar-refractivity contribution in [3.05, 3.63) is 80.8 Å². The Hall–Kier alpha value is -2.67. The molecule has 1 saturated carbocycles. The van der Waals surface area contributed by atoms with E-state index in [1.54, 1.807) is 29.2 Å². The molecule has 0 radical (unpaired) electrons. The van der Waals surface area contributed by atoms with Crippen LogP contribution in [0.2, 0.25) is 15.2 Å². The predicted molar refractivity (Wildman–Crippen MR) is 135 cm³/mol. The summed E-state index contributed by atoms with van der Waals surface area (Å²) in [4.78, 5) is 30.4. The van der Waals surface area contributed by atoms with Gasteiger partial charge in [0.25, 0.3) is 0 Å². The Morgan fingerprint density at radius 1 is 1.18 bits per heavy atom. The van der Waals surface area contributed by atoms with E-state index in [1.807, 2.05) is 26.0 Å². The summed E-state index contributed by atoms with van der Waals surface area (Å²) in [5.41, 5.74) is 4.35. The summed E-state index contributed by atoms with van der Waals surface area (Å²) in [6.45, 7) is 8.25. The van der Waals surface area contributed by atoms with Gasteiger partial charge < -0.3 is 5.32 Å². The largest absolute Gasteiger partial charge is 0.384 e. The van der Waals surface area contributed by atoms with E-state index in [0.717, 1.165) is 22.4 Å². The number of nitrogens with one attached hydrogen (secondary N) is 1. The lowest BCUT2D eigenvalue weighted by Gasteiger charge is -2.17. The van der Waals surface area contributed by atoms with E-state index >= 15 is 0 Å². The minimum Gasteiger partial charge on any atom is -0.384 e. The second-order valence-corrected chi connectivity index (χ2v) is 9.69. The number of benzene rings is 1. The molecule has 4 rings (SSSR count). The van der Waals surface area contributed by atoms with Gasteiger partial charge in [0.2, 0.25) is 0 Å². The fourth-order valence-electron chi connectivity index (χ4n) is 4.50. The zero-order valence-electron chi connectivity index (χ0n) is 18.7. The summed E-state index contributed by atoms with van der Waals surface area (Å²) in [5.74, 6) is -1.19. The topological polar surface area (TPSA) is 76.9 Å². The Balaban J connectivity index is 1.46. The molecule has 1 aliphatic carbocycles. The molecule has 176 valence electrons. The number of hydrogen-bond acceptors (Lipinski definition) is 5. The van der Waals surface area contributed by atoms with Crippen LogP contribution in [-0.2, 0) is 9.59 Å². The van der Waals surface area contributed by atoms with Crippen LogP contribution in [-0.4, -0.2) is 32.9 Å². The molecule has 1 aromatic carbocycles. The maximum Gasteiger partial charge on any atom is 0.151 e. The third-order valence-electron chi connectivity index (χ3n) is 6.07. The van der Waals surface area contributed by atoms with Crippen molar-refractivity contribution in [1.82, 2.24) is 20.1 Å². The minimum atomic E-state index is -0.743. The minimum absolute atomic E-state index is 0.0441. The van der Waals surface area contributed by atoms with E-state index in [4.69, 9.17) is 34.8 Å². The molecule has 0 bridgehead atoms. The van der Waals surface area contributed by atoms with E-state index in [-0.39, 0.29) is 23.9 Å². The van der Waals surface area contributed by atoms with Crippen LogP contribution in [0.4, 0.5) is 0 Å². The highest BCUT2D eigenvalue weighted by Gasteiger charge is 2.42. The van der Waals surface area contributed by atoms with Crippen molar-refractivity contribution in [1.29, 1.82) is 0 Å². The normalized spacial score (nSPS) is 17.9. The molecule has 3 aromatic rings. The van der Waals surface area contributed by atoms with Crippen molar-refractivity contribution in [3.8, 4) is 5.69 Å². The molecule has 34 heavy (non-hydrogen) atoms. The fraction of sp³-hybridized carbons (Fsp3) is 0.280. The molecule has 2 unspecified atom stereocenters. The number of rotatable bonds is 7. The number of carbonyl (C=O) groups is 2. The van der Waals surface area contributed by atoms with Crippen LogP contribution in [0.3, 0.4) is 0 Å². The number of pyridine rings is 1. The Labute approximate surface area is 212 Å². The molecular weight excluding hydrogens is 495 g/mol. The smallest absolute Gasteiger partial charge is 0.151 e. The highest BCUT2D eigenvalue weighted by atomic mass is 35.5. The molecule has 1 fully saturated rings. The van der Waals surface area contributed by atoms with Crippen molar-refractivity contribution in [2.24, 2.45) is 5.92 Å². The van der Waals surface area contributed by atoms with Crippen molar-refractivity contribution in [2.45, 2.75) is 32.6 Å². The number of aromatic nitrogens is 3. The second kappa shape index (κ2) is 9.90. The highest BCUT2D eigenvalue weighted by molar-refractivity contribution is 6.33. The van der Waals surface area contributed by atoms with Crippen LogP contribution >= 0.6 is 34.8 Å². The van der Waals surface area contributed by atoms with Crippen LogP contribution < -0.4 is 5.32 Å². The van der Waals surface area contributed by atoms with Crippen LogP contribution in [0.15, 0.2) is 43.2 Å². The van der Waals surface area contributed by atoms with Gasteiger partial charge in [0.15, 0.2) is 5.78 Å². The molecule has 6 nitrogen and oxygen atoms in total. The molecule has 9 heteroatoms. The van der Waals surface area contributed by atoms with Gasteiger partial charge in [-0.1, -0.05) is 41.4 Å². The summed E-state index contributed by atoms with van der Waals surface area (Å²) in [6, 6.07) is 7.10. The third kappa shape index (κ3) is 4.90. The first kappa shape index (κ1) is 24.5. The van der Waals surface area contributed by atoms with Gasteiger partial charge in [0.05, 0.1) is 27.6 Å². The van der Waals surface area contributed by atoms with Crippen LogP contribution in [0.25, 0.3) is 11.4 Å². The number of halogens is 3. The quantitative estimate of drug-likeness (QED) is 0.320. The summed E-state index contributed by atoms with van der Waals surface area (Å²) in [5, 5.41) is 8.66. The zero-order valence-corrected chi connectivity index (χ0v) is 21.0. The highest BCUT2D eigenvalue weighted by Crippen LogP contribution is 2.38. The standard InChI is InChI=1S/C25H23Cl3N4O2/c1-13-8-18(32-12-17(26)11-30-32)9-14(2)22(13)23-20(33)10-16(25(23)34)6-7-29-15(3)24-19(27)4-5-21(28)31-24/h4-5,8-9,11-12,16,23,29H,3,6-7,10H2,1-2H3. The van der Waals surface area contributed by atoms with Crippen LogP contribution in [0.5, 0.6) is 0 Å². The third-order valence-corrected chi connectivity index (χ3v) is 6.78. The molecule has 2 heterocycles. The van der Waals surface area contributed by atoms with Gasteiger partial charge in [-0.3, -0.25) is 9.59 Å². The number of hydrogen-bond donors (Lipinski definition) is 1. The van der Waals surface area contributed by atoms with Crippen LogP contribution in [0, 0.1) is 19.8 Å². The van der Waals surface area contributed by atoms with Gasteiger partial charge in [0.1, 0.15) is 22.5 Å². The van der Waals surface area contributed by atoms with E-state index in [1.165, 1.54) is 0 Å². The average molecular weight is 518 g/mol. The lowest BCUT2D eigenvalue weighted by atomic mass is 9.87. The molecule has 1 N–H and O–H groups in total. The Kier molecular flexibility index (Phi) is 7.12. The molecule has 1 aliphatic rings. The lowest BCUT2D eigenvalue weighted by molar-refractivity contribution is -0.124. The fourth-order valence-corrected chi connectivity index (χ4v) is 5.00. The van der Waals surface area contributed by atoms with Gasteiger partial charge in [-0.05, 0) is 61.2 Å². The SMILES string of the molecule is C=C(NCCC1CC(=O)C(c2c(C)cc(-n3cc(Cl)cn3)cc2C)C1=O)c1nc(Cl)ccc1Cl. The predicted octanol–water partition coefficient (Wildman–Crippen LogP) is 5.74. The molecule has 0 aliphatic heterocycles. The monoisotopic (exact) mass is 516 g/mol.